The van der Waals surface area contributed by atoms with Crippen LogP contribution in [0.4, 0.5) is 0 Å². The third kappa shape index (κ3) is 3.08. The fourth-order valence-electron chi connectivity index (χ4n) is 1.33. The lowest BCUT2D eigenvalue weighted by atomic mass is 10.0. The molecule has 1 aromatic carbocycles. The zero-order valence-electron chi connectivity index (χ0n) is 9.31. The molecule has 0 unspecified atom stereocenters. The summed E-state index contributed by atoms with van der Waals surface area (Å²) in [6.07, 6.45) is 0. The number of amides is 1. The van der Waals surface area contributed by atoms with Crippen molar-refractivity contribution in [2.45, 2.75) is 19.9 Å². The molecule has 4 heteroatoms. The summed E-state index contributed by atoms with van der Waals surface area (Å²) in [5.41, 5.74) is 0.467. The van der Waals surface area contributed by atoms with Gasteiger partial charge in [0.05, 0.1) is 0 Å². The highest BCUT2D eigenvalue weighted by molar-refractivity contribution is 5.96. The quantitative estimate of drug-likeness (QED) is 0.810. The molecule has 1 aromatic rings. The lowest BCUT2D eigenvalue weighted by Gasteiger charge is -2.17. The lowest BCUT2D eigenvalue weighted by molar-refractivity contribution is -0.140. The van der Waals surface area contributed by atoms with Crippen LogP contribution in [-0.2, 0) is 4.79 Å². The number of hydrogen-bond donors (Lipinski definition) is 2. The molecular weight excluding hydrogens is 206 g/mol. The van der Waals surface area contributed by atoms with E-state index in [0.717, 1.165) is 0 Å². The first-order chi connectivity index (χ1) is 7.52. The first-order valence-corrected chi connectivity index (χ1v) is 5.11. The van der Waals surface area contributed by atoms with Crippen LogP contribution in [0.5, 0.6) is 0 Å². The number of carboxylic acids is 1. The van der Waals surface area contributed by atoms with Crippen LogP contribution >= 0.6 is 0 Å². The smallest absolute Gasteiger partial charge is 0.326 e. The van der Waals surface area contributed by atoms with Crippen LogP contribution in [0.25, 0.3) is 0 Å². The topological polar surface area (TPSA) is 66.4 Å². The summed E-state index contributed by atoms with van der Waals surface area (Å²) in [7, 11) is 0. The van der Waals surface area contributed by atoms with Crippen LogP contribution in [0, 0.1) is 5.92 Å². The van der Waals surface area contributed by atoms with E-state index in [9.17, 15) is 9.59 Å². The van der Waals surface area contributed by atoms with Crippen LogP contribution < -0.4 is 5.32 Å². The summed E-state index contributed by atoms with van der Waals surface area (Å²) in [6, 6.07) is 7.71. The molecule has 0 spiro atoms. The predicted octanol–water partition coefficient (Wildman–Crippen LogP) is 1.53. The highest BCUT2D eigenvalue weighted by atomic mass is 16.4. The maximum absolute atomic E-state index is 11.7. The molecule has 0 aliphatic heterocycles. The Labute approximate surface area is 94.3 Å². The van der Waals surface area contributed by atoms with E-state index >= 15 is 0 Å². The number of nitrogens with one attached hydrogen (secondary N) is 1. The molecule has 1 atom stereocenters. The van der Waals surface area contributed by atoms with Gasteiger partial charge in [-0.1, -0.05) is 32.0 Å². The highest BCUT2D eigenvalue weighted by Gasteiger charge is 2.23. The molecule has 16 heavy (non-hydrogen) atoms. The Hall–Kier alpha value is -1.84. The molecule has 0 aliphatic rings. The van der Waals surface area contributed by atoms with Crippen molar-refractivity contribution in [3.63, 3.8) is 0 Å². The Morgan fingerprint density at radius 1 is 1.19 bits per heavy atom. The molecule has 0 aliphatic carbocycles. The van der Waals surface area contributed by atoms with Gasteiger partial charge in [-0.05, 0) is 18.1 Å². The van der Waals surface area contributed by atoms with E-state index in [1.54, 1.807) is 44.2 Å². The monoisotopic (exact) mass is 221 g/mol. The Morgan fingerprint density at radius 3 is 2.19 bits per heavy atom. The number of carboxylic acid groups (broad SMARTS) is 1. The molecule has 1 rings (SSSR count). The summed E-state index contributed by atoms with van der Waals surface area (Å²) < 4.78 is 0. The number of benzene rings is 1. The average Bonchev–Trinajstić information content (AvgIpc) is 2.25. The maximum atomic E-state index is 11.7. The van der Waals surface area contributed by atoms with Crippen molar-refractivity contribution < 1.29 is 14.7 Å². The third-order valence-electron chi connectivity index (χ3n) is 2.26. The minimum atomic E-state index is -1.01. The summed E-state index contributed by atoms with van der Waals surface area (Å²) >= 11 is 0. The summed E-state index contributed by atoms with van der Waals surface area (Å²) in [5, 5.41) is 11.4. The van der Waals surface area contributed by atoms with Gasteiger partial charge in [0, 0.05) is 5.56 Å². The van der Waals surface area contributed by atoms with Gasteiger partial charge in [-0.25, -0.2) is 4.79 Å². The average molecular weight is 221 g/mol. The molecular formula is C12H15NO3. The summed E-state index contributed by atoms with van der Waals surface area (Å²) in [5.74, 6) is -1.52. The van der Waals surface area contributed by atoms with Crippen LogP contribution in [0.1, 0.15) is 24.2 Å². The van der Waals surface area contributed by atoms with Gasteiger partial charge in [-0.15, -0.1) is 0 Å². The van der Waals surface area contributed by atoms with Gasteiger partial charge < -0.3 is 10.4 Å². The largest absolute Gasteiger partial charge is 0.480 e. The van der Waals surface area contributed by atoms with Crippen LogP contribution in [-0.4, -0.2) is 23.0 Å². The van der Waals surface area contributed by atoms with Crippen LogP contribution in [0.3, 0.4) is 0 Å². The van der Waals surface area contributed by atoms with Crippen molar-refractivity contribution in [2.75, 3.05) is 0 Å². The minimum absolute atomic E-state index is 0.148. The Kier molecular flexibility index (Phi) is 4.05. The molecule has 2 N–H and O–H groups in total. The molecule has 0 fully saturated rings. The van der Waals surface area contributed by atoms with E-state index in [2.05, 4.69) is 5.32 Å². The maximum Gasteiger partial charge on any atom is 0.326 e. The zero-order chi connectivity index (χ0) is 12.1. The van der Waals surface area contributed by atoms with Gasteiger partial charge in [0.15, 0.2) is 0 Å². The fraction of sp³-hybridized carbons (Fsp3) is 0.333. The summed E-state index contributed by atoms with van der Waals surface area (Å²) in [4.78, 5) is 22.6. The van der Waals surface area contributed by atoms with E-state index in [0.29, 0.717) is 5.56 Å². The minimum Gasteiger partial charge on any atom is -0.480 e. The van der Waals surface area contributed by atoms with Gasteiger partial charge in [-0.2, -0.15) is 0 Å². The van der Waals surface area contributed by atoms with E-state index in [1.165, 1.54) is 0 Å². The lowest BCUT2D eigenvalue weighted by Crippen LogP contribution is -2.44. The zero-order valence-corrected chi connectivity index (χ0v) is 9.31. The van der Waals surface area contributed by atoms with Crippen molar-refractivity contribution in [3.05, 3.63) is 35.9 Å². The summed E-state index contributed by atoms with van der Waals surface area (Å²) in [6.45, 7) is 3.51. The number of carbonyl (C=O) groups is 2. The fourth-order valence-corrected chi connectivity index (χ4v) is 1.33. The second kappa shape index (κ2) is 5.30. The molecule has 0 radical (unpaired) electrons. The second-order valence-electron chi connectivity index (χ2n) is 3.90. The molecule has 0 bridgehead atoms. The van der Waals surface area contributed by atoms with Gasteiger partial charge in [0.2, 0.25) is 0 Å². The molecule has 1 amide bonds. The SMILES string of the molecule is CC(C)[C@@H](NC(=O)c1ccccc1)C(=O)O. The van der Waals surface area contributed by atoms with Crippen molar-refractivity contribution in [1.82, 2.24) is 5.32 Å². The van der Waals surface area contributed by atoms with E-state index in [4.69, 9.17) is 5.11 Å². The van der Waals surface area contributed by atoms with Gasteiger partial charge in [0.25, 0.3) is 5.91 Å². The second-order valence-corrected chi connectivity index (χ2v) is 3.90. The number of carbonyl (C=O) groups excluding carboxylic acids is 1. The Morgan fingerprint density at radius 2 is 1.75 bits per heavy atom. The highest BCUT2D eigenvalue weighted by Crippen LogP contribution is 2.04. The van der Waals surface area contributed by atoms with Gasteiger partial charge in [0.1, 0.15) is 6.04 Å². The van der Waals surface area contributed by atoms with Gasteiger partial charge in [-0.3, -0.25) is 4.79 Å². The number of aliphatic carboxylic acids is 1. The number of hydrogen-bond acceptors (Lipinski definition) is 2. The molecule has 0 saturated heterocycles. The van der Waals surface area contributed by atoms with E-state index in [-0.39, 0.29) is 11.8 Å². The van der Waals surface area contributed by atoms with E-state index < -0.39 is 12.0 Å². The Balaban J connectivity index is 2.74. The first kappa shape index (κ1) is 12.2. The number of rotatable bonds is 4. The van der Waals surface area contributed by atoms with Crippen LogP contribution in [0.15, 0.2) is 30.3 Å². The van der Waals surface area contributed by atoms with Crippen molar-refractivity contribution >= 4 is 11.9 Å². The van der Waals surface area contributed by atoms with E-state index in [1.807, 2.05) is 0 Å². The van der Waals surface area contributed by atoms with Crippen molar-refractivity contribution in [3.8, 4) is 0 Å². The van der Waals surface area contributed by atoms with Crippen LogP contribution in [0.2, 0.25) is 0 Å². The molecule has 0 aromatic heterocycles. The van der Waals surface area contributed by atoms with Crippen molar-refractivity contribution in [1.29, 1.82) is 0 Å². The molecule has 0 heterocycles. The first-order valence-electron chi connectivity index (χ1n) is 5.11. The third-order valence-corrected chi connectivity index (χ3v) is 2.26. The standard InChI is InChI=1S/C12H15NO3/c1-8(2)10(12(15)16)13-11(14)9-6-4-3-5-7-9/h3-8,10H,1-2H3,(H,13,14)(H,15,16)/t10-/m1/s1. The molecule has 0 saturated carbocycles. The normalized spacial score (nSPS) is 12.2. The Bertz CT molecular complexity index is 373. The molecule has 4 nitrogen and oxygen atoms in total. The molecule has 86 valence electrons. The van der Waals surface area contributed by atoms with Crippen molar-refractivity contribution in [2.24, 2.45) is 5.92 Å². The predicted molar refractivity (Wildman–Crippen MR) is 60.2 cm³/mol. The van der Waals surface area contributed by atoms with Gasteiger partial charge >= 0.3 is 5.97 Å².